The fourth-order valence-electron chi connectivity index (χ4n) is 4.27. The molecule has 3 unspecified atom stereocenters. The number of carbonyl (C=O) groups excluding carboxylic acids is 1. The highest BCUT2D eigenvalue weighted by molar-refractivity contribution is 6.34. The molecule has 4 atom stereocenters. The Kier molecular flexibility index (Phi) is 8.58. The predicted molar refractivity (Wildman–Crippen MR) is 124 cm³/mol. The molecule has 1 aliphatic rings. The molecule has 176 valence electrons. The van der Waals surface area contributed by atoms with E-state index in [0.29, 0.717) is 36.0 Å². The molecule has 1 aliphatic heterocycles. The summed E-state index contributed by atoms with van der Waals surface area (Å²) in [6.07, 6.45) is 3.10. The van der Waals surface area contributed by atoms with Gasteiger partial charge in [0.2, 0.25) is 0 Å². The van der Waals surface area contributed by atoms with E-state index in [1.54, 1.807) is 25.5 Å². The zero-order valence-electron chi connectivity index (χ0n) is 18.9. The highest BCUT2D eigenvalue weighted by Gasteiger charge is 2.46. The van der Waals surface area contributed by atoms with Gasteiger partial charge in [0.15, 0.2) is 6.29 Å². The summed E-state index contributed by atoms with van der Waals surface area (Å²) in [5, 5.41) is 11.8. The van der Waals surface area contributed by atoms with E-state index in [0.717, 1.165) is 11.3 Å². The van der Waals surface area contributed by atoms with Crippen LogP contribution in [0.5, 0.6) is 0 Å². The Balaban J connectivity index is 1.85. The maximum atomic E-state index is 12.8. The molecule has 7 nitrogen and oxygen atoms in total. The second kappa shape index (κ2) is 11.0. The average Bonchev–Trinajstić information content (AvgIpc) is 3.23. The van der Waals surface area contributed by atoms with Gasteiger partial charge >= 0.3 is 5.97 Å². The van der Waals surface area contributed by atoms with E-state index in [1.807, 2.05) is 28.5 Å². The predicted octanol–water partition coefficient (Wildman–Crippen LogP) is 4.12. The highest BCUT2D eigenvalue weighted by Crippen LogP contribution is 2.30. The molecule has 2 aromatic rings. The molecule has 0 bridgehead atoms. The van der Waals surface area contributed by atoms with Gasteiger partial charge in [-0.2, -0.15) is 0 Å². The van der Waals surface area contributed by atoms with Gasteiger partial charge in [-0.25, -0.2) is 4.98 Å². The van der Waals surface area contributed by atoms with Crippen molar-refractivity contribution in [1.82, 2.24) is 14.5 Å². The summed E-state index contributed by atoms with van der Waals surface area (Å²) in [5.74, 6) is -0.0223. The summed E-state index contributed by atoms with van der Waals surface area (Å²) < 4.78 is 13.1. The van der Waals surface area contributed by atoms with Crippen molar-refractivity contribution < 1.29 is 19.4 Å². The van der Waals surface area contributed by atoms with Crippen molar-refractivity contribution in [3.63, 3.8) is 0 Å². The van der Waals surface area contributed by atoms with Crippen LogP contribution in [0.2, 0.25) is 10.0 Å². The monoisotopic (exact) mass is 483 g/mol. The minimum Gasteiger partial charge on any atom is -0.465 e. The van der Waals surface area contributed by atoms with Gasteiger partial charge in [-0.15, -0.1) is 0 Å². The Labute approximate surface area is 199 Å². The molecule has 9 heteroatoms. The molecule has 32 heavy (non-hydrogen) atoms. The van der Waals surface area contributed by atoms with E-state index in [-0.39, 0.29) is 11.9 Å². The first kappa shape index (κ1) is 25.0. The Morgan fingerprint density at radius 1 is 1.28 bits per heavy atom. The van der Waals surface area contributed by atoms with E-state index in [4.69, 9.17) is 32.7 Å². The fourth-order valence-corrected chi connectivity index (χ4v) is 4.84. The summed E-state index contributed by atoms with van der Waals surface area (Å²) in [7, 11) is 0. The second-order valence-corrected chi connectivity index (χ2v) is 9.41. The number of aliphatic hydroxyl groups is 1. The van der Waals surface area contributed by atoms with Crippen LogP contribution in [0.1, 0.15) is 45.4 Å². The zero-order chi connectivity index (χ0) is 23.4. The number of nitrogens with zero attached hydrogens (tertiary/aromatic N) is 3. The lowest BCUT2D eigenvalue weighted by Crippen LogP contribution is -2.51. The van der Waals surface area contributed by atoms with Crippen molar-refractivity contribution in [2.75, 3.05) is 6.61 Å². The standard InChI is InChI=1S/C23H31Cl2N3O4/c1-5-31-22(29)20(6-14(2)3)28-15(4)32-23(30)21(28)10-19-11-26-13-27(19)12-16-7-17(24)9-18(25)8-16/h7-9,11,13-15,20-21,23,30H,5-6,10,12H2,1-4H3/t15?,20-,21?,23?/m0/s1. The lowest BCUT2D eigenvalue weighted by atomic mass is 9.99. The smallest absolute Gasteiger partial charge is 0.323 e. The van der Waals surface area contributed by atoms with Crippen molar-refractivity contribution >= 4 is 29.2 Å². The van der Waals surface area contributed by atoms with E-state index in [9.17, 15) is 9.90 Å². The number of benzene rings is 1. The molecule has 2 heterocycles. The number of imidazole rings is 1. The van der Waals surface area contributed by atoms with E-state index in [1.165, 1.54) is 0 Å². The average molecular weight is 484 g/mol. The summed E-state index contributed by atoms with van der Waals surface area (Å²) in [4.78, 5) is 19.0. The van der Waals surface area contributed by atoms with Gasteiger partial charge in [-0.05, 0) is 49.9 Å². The van der Waals surface area contributed by atoms with Gasteiger partial charge in [-0.1, -0.05) is 37.0 Å². The lowest BCUT2D eigenvalue weighted by molar-refractivity contribution is -0.153. The molecule has 1 N–H and O–H groups in total. The van der Waals surface area contributed by atoms with Gasteiger partial charge in [0.05, 0.1) is 19.0 Å². The number of hydrogen-bond acceptors (Lipinski definition) is 6. The van der Waals surface area contributed by atoms with E-state index in [2.05, 4.69) is 18.8 Å². The van der Waals surface area contributed by atoms with Gasteiger partial charge in [0.1, 0.15) is 12.3 Å². The van der Waals surface area contributed by atoms with Gasteiger partial charge < -0.3 is 19.1 Å². The van der Waals surface area contributed by atoms with Crippen LogP contribution in [0.15, 0.2) is 30.7 Å². The van der Waals surface area contributed by atoms with Crippen LogP contribution in [0.25, 0.3) is 0 Å². The maximum Gasteiger partial charge on any atom is 0.323 e. The number of rotatable bonds is 9. The number of aromatic nitrogens is 2. The highest BCUT2D eigenvalue weighted by atomic mass is 35.5. The molecule has 0 radical (unpaired) electrons. The number of esters is 1. The molecular formula is C23H31Cl2N3O4. The summed E-state index contributed by atoms with van der Waals surface area (Å²) in [5.41, 5.74) is 1.85. The second-order valence-electron chi connectivity index (χ2n) is 8.53. The molecule has 1 fully saturated rings. The van der Waals surface area contributed by atoms with Crippen molar-refractivity contribution in [3.8, 4) is 0 Å². The first-order valence-corrected chi connectivity index (χ1v) is 11.7. The SMILES string of the molecule is CCOC(=O)[C@H](CC(C)C)N1C(C)OC(O)C1Cc1cncn1Cc1cc(Cl)cc(Cl)c1. The number of halogens is 2. The third kappa shape index (κ3) is 6.02. The van der Waals surface area contributed by atoms with Crippen LogP contribution in [0.4, 0.5) is 0 Å². The molecule has 0 spiro atoms. The largest absolute Gasteiger partial charge is 0.465 e. The van der Waals surface area contributed by atoms with E-state index >= 15 is 0 Å². The number of carbonyl (C=O) groups is 1. The molecule has 1 saturated heterocycles. The molecule has 0 amide bonds. The van der Waals surface area contributed by atoms with Gasteiger partial charge in [0, 0.05) is 34.9 Å². The Morgan fingerprint density at radius 3 is 2.59 bits per heavy atom. The summed E-state index contributed by atoms with van der Waals surface area (Å²) in [6, 6.07) is 4.49. The molecule has 1 aromatic heterocycles. The number of aliphatic hydroxyl groups excluding tert-OH is 1. The molecule has 0 saturated carbocycles. The van der Waals surface area contributed by atoms with Crippen LogP contribution in [-0.2, 0) is 27.2 Å². The van der Waals surface area contributed by atoms with Gasteiger partial charge in [-0.3, -0.25) is 9.69 Å². The Bertz CT molecular complexity index is 900. The van der Waals surface area contributed by atoms with Crippen molar-refractivity contribution in [3.05, 3.63) is 52.0 Å². The van der Waals surface area contributed by atoms with Crippen LogP contribution in [0, 0.1) is 5.92 Å². The van der Waals surface area contributed by atoms with Crippen LogP contribution >= 0.6 is 23.2 Å². The zero-order valence-corrected chi connectivity index (χ0v) is 20.4. The third-order valence-electron chi connectivity index (χ3n) is 5.57. The van der Waals surface area contributed by atoms with Crippen molar-refractivity contribution in [1.29, 1.82) is 0 Å². The minimum atomic E-state index is -1.03. The summed E-state index contributed by atoms with van der Waals surface area (Å²) >= 11 is 12.3. The third-order valence-corrected chi connectivity index (χ3v) is 6.01. The maximum absolute atomic E-state index is 12.8. The van der Waals surface area contributed by atoms with Crippen LogP contribution in [-0.4, -0.2) is 56.7 Å². The quantitative estimate of drug-likeness (QED) is 0.540. The van der Waals surface area contributed by atoms with Crippen molar-refractivity contribution in [2.24, 2.45) is 5.92 Å². The van der Waals surface area contributed by atoms with Crippen LogP contribution in [0.3, 0.4) is 0 Å². The molecule has 3 rings (SSSR count). The number of ether oxygens (including phenoxy) is 2. The number of hydrogen-bond donors (Lipinski definition) is 1. The van der Waals surface area contributed by atoms with E-state index < -0.39 is 24.6 Å². The lowest BCUT2D eigenvalue weighted by Gasteiger charge is -2.34. The summed E-state index contributed by atoms with van der Waals surface area (Å²) in [6.45, 7) is 8.60. The topological polar surface area (TPSA) is 76.8 Å². The first-order valence-electron chi connectivity index (χ1n) is 10.9. The van der Waals surface area contributed by atoms with Crippen LogP contribution < -0.4 is 0 Å². The first-order chi connectivity index (χ1) is 15.2. The molecule has 0 aliphatic carbocycles. The normalized spacial score (nSPS) is 22.4. The Morgan fingerprint density at radius 2 is 1.97 bits per heavy atom. The fraction of sp³-hybridized carbons (Fsp3) is 0.565. The van der Waals surface area contributed by atoms with Gasteiger partial charge in [0.25, 0.3) is 0 Å². The minimum absolute atomic E-state index is 0.271. The molecule has 1 aromatic carbocycles. The Hall–Kier alpha value is -1.64. The van der Waals surface area contributed by atoms with Crippen molar-refractivity contribution in [2.45, 2.75) is 71.7 Å². The molecular weight excluding hydrogens is 453 g/mol.